The zero-order chi connectivity index (χ0) is 21.4. The number of hydrogen-bond acceptors (Lipinski definition) is 7. The lowest BCUT2D eigenvalue weighted by molar-refractivity contribution is -0.116. The van der Waals surface area contributed by atoms with Gasteiger partial charge >= 0.3 is 0 Å². The number of nitrogens with one attached hydrogen (secondary N) is 1. The van der Waals surface area contributed by atoms with E-state index in [1.54, 1.807) is 6.92 Å². The molecular weight excluding hydrogens is 416 g/mol. The number of benzene rings is 1. The SMILES string of the molecule is Cc1ccc(N2C(=O)CCS2(=O)=O)cc1S(=O)(=O)NCC(C)N1CCN(C)CC1. The van der Waals surface area contributed by atoms with Crippen molar-refractivity contribution < 1.29 is 21.6 Å². The Bertz CT molecular complexity index is 986. The van der Waals surface area contributed by atoms with E-state index in [-0.39, 0.29) is 35.3 Å². The third-order valence-electron chi connectivity index (χ3n) is 5.50. The molecule has 2 saturated heterocycles. The van der Waals surface area contributed by atoms with Crippen LogP contribution >= 0.6 is 0 Å². The first kappa shape index (κ1) is 22.2. The molecule has 0 radical (unpaired) electrons. The highest BCUT2D eigenvalue weighted by molar-refractivity contribution is 7.94. The minimum atomic E-state index is -3.86. The van der Waals surface area contributed by atoms with Crippen molar-refractivity contribution >= 4 is 31.6 Å². The smallest absolute Gasteiger partial charge is 0.242 e. The standard InChI is InChI=1S/C18H28N4O5S2/c1-14-4-5-16(22-18(23)6-11-28(22,24)25)12-17(14)29(26,27)19-13-15(2)21-9-7-20(3)8-10-21/h4-5,12,15,19H,6-11,13H2,1-3H3. The molecule has 3 rings (SSSR count). The average molecular weight is 445 g/mol. The van der Waals surface area contributed by atoms with E-state index < -0.39 is 26.0 Å². The summed E-state index contributed by atoms with van der Waals surface area (Å²) in [5.74, 6) is -0.809. The molecule has 1 N–H and O–H groups in total. The summed E-state index contributed by atoms with van der Waals surface area (Å²) in [6.45, 7) is 7.50. The Balaban J connectivity index is 1.77. The number of sulfonamides is 2. The number of carbonyl (C=O) groups excluding carboxylic acids is 1. The zero-order valence-electron chi connectivity index (χ0n) is 17.0. The fourth-order valence-electron chi connectivity index (χ4n) is 3.57. The fourth-order valence-corrected chi connectivity index (χ4v) is 6.41. The van der Waals surface area contributed by atoms with E-state index in [9.17, 15) is 21.6 Å². The van der Waals surface area contributed by atoms with E-state index in [1.807, 2.05) is 6.92 Å². The van der Waals surface area contributed by atoms with Crippen LogP contribution < -0.4 is 9.03 Å². The summed E-state index contributed by atoms with van der Waals surface area (Å²) in [6, 6.07) is 4.28. The first-order valence-electron chi connectivity index (χ1n) is 9.60. The maximum atomic E-state index is 12.9. The molecule has 1 atom stereocenters. The van der Waals surface area contributed by atoms with Crippen molar-refractivity contribution in [2.24, 2.45) is 0 Å². The maximum Gasteiger partial charge on any atom is 0.242 e. The van der Waals surface area contributed by atoms with Crippen LogP contribution in [0.5, 0.6) is 0 Å². The summed E-state index contributed by atoms with van der Waals surface area (Å²) in [5, 5.41) is 0. The molecule has 2 heterocycles. The van der Waals surface area contributed by atoms with Crippen molar-refractivity contribution in [3.63, 3.8) is 0 Å². The van der Waals surface area contributed by atoms with Crippen LogP contribution in [-0.4, -0.2) is 84.1 Å². The summed E-state index contributed by atoms with van der Waals surface area (Å²) in [6.07, 6.45) is -0.0981. The predicted octanol–water partition coefficient (Wildman–Crippen LogP) is -0.0243. The van der Waals surface area contributed by atoms with Gasteiger partial charge in [-0.3, -0.25) is 9.69 Å². The number of anilines is 1. The lowest BCUT2D eigenvalue weighted by Gasteiger charge is -2.36. The summed E-state index contributed by atoms with van der Waals surface area (Å²) in [4.78, 5) is 16.5. The normalized spacial score (nSPS) is 22.2. The molecule has 0 saturated carbocycles. The minimum Gasteiger partial charge on any atom is -0.304 e. The zero-order valence-corrected chi connectivity index (χ0v) is 18.6. The number of amides is 1. The average Bonchev–Trinajstić information content (AvgIpc) is 2.93. The van der Waals surface area contributed by atoms with E-state index in [0.29, 0.717) is 9.87 Å². The van der Waals surface area contributed by atoms with Gasteiger partial charge in [0.15, 0.2) is 0 Å². The number of aryl methyl sites for hydroxylation is 1. The largest absolute Gasteiger partial charge is 0.304 e. The van der Waals surface area contributed by atoms with Crippen LogP contribution in [0.15, 0.2) is 23.1 Å². The van der Waals surface area contributed by atoms with Gasteiger partial charge in [0.05, 0.1) is 16.3 Å². The van der Waals surface area contributed by atoms with Crippen LogP contribution in [0.2, 0.25) is 0 Å². The highest BCUT2D eigenvalue weighted by Gasteiger charge is 2.37. The lowest BCUT2D eigenvalue weighted by Crippen LogP contribution is -2.51. The number of likely N-dealkylation sites (N-methyl/N-ethyl adjacent to an activating group) is 1. The van der Waals surface area contributed by atoms with E-state index in [2.05, 4.69) is 21.6 Å². The van der Waals surface area contributed by atoms with Gasteiger partial charge in [-0.25, -0.2) is 25.9 Å². The Morgan fingerprint density at radius 2 is 1.83 bits per heavy atom. The third-order valence-corrected chi connectivity index (χ3v) is 8.76. The lowest BCUT2D eigenvalue weighted by atomic mass is 10.2. The first-order valence-corrected chi connectivity index (χ1v) is 12.7. The minimum absolute atomic E-state index is 0.0181. The first-order chi connectivity index (χ1) is 13.5. The van der Waals surface area contributed by atoms with Crippen LogP contribution in [0.4, 0.5) is 5.69 Å². The fraction of sp³-hybridized carbons (Fsp3) is 0.611. The van der Waals surface area contributed by atoms with Gasteiger partial charge in [0.1, 0.15) is 0 Å². The second-order valence-electron chi connectivity index (χ2n) is 7.71. The van der Waals surface area contributed by atoms with Crippen molar-refractivity contribution in [2.75, 3.05) is 49.8 Å². The third kappa shape index (κ3) is 4.80. The van der Waals surface area contributed by atoms with Gasteiger partial charge in [-0.1, -0.05) is 6.07 Å². The molecule has 0 bridgehead atoms. The second kappa shape index (κ2) is 8.31. The molecule has 162 valence electrons. The summed E-state index contributed by atoms with van der Waals surface area (Å²) in [5.41, 5.74) is 0.545. The molecule has 0 aliphatic carbocycles. The number of carbonyl (C=O) groups is 1. The van der Waals surface area contributed by atoms with Gasteiger partial charge in [-0.2, -0.15) is 0 Å². The van der Waals surface area contributed by atoms with Crippen molar-refractivity contribution in [1.29, 1.82) is 0 Å². The van der Waals surface area contributed by atoms with E-state index in [0.717, 1.165) is 26.2 Å². The molecule has 11 heteroatoms. The van der Waals surface area contributed by atoms with Gasteiger partial charge in [-0.15, -0.1) is 0 Å². The molecule has 1 unspecified atom stereocenters. The summed E-state index contributed by atoms with van der Waals surface area (Å²) >= 11 is 0. The maximum absolute atomic E-state index is 12.9. The Morgan fingerprint density at radius 1 is 1.17 bits per heavy atom. The molecular formula is C18H28N4O5S2. The Hall–Kier alpha value is -1.53. The van der Waals surface area contributed by atoms with Crippen molar-refractivity contribution in [3.8, 4) is 0 Å². The highest BCUT2D eigenvalue weighted by Crippen LogP contribution is 2.29. The van der Waals surface area contributed by atoms with Gasteiger partial charge in [0, 0.05) is 45.2 Å². The van der Waals surface area contributed by atoms with Crippen molar-refractivity contribution in [3.05, 3.63) is 23.8 Å². The molecule has 1 aromatic rings. The molecule has 0 aromatic heterocycles. The van der Waals surface area contributed by atoms with E-state index in [4.69, 9.17) is 0 Å². The van der Waals surface area contributed by atoms with Crippen LogP contribution in [-0.2, 0) is 24.8 Å². The van der Waals surface area contributed by atoms with Crippen molar-refractivity contribution in [2.45, 2.75) is 31.2 Å². The van der Waals surface area contributed by atoms with E-state index in [1.165, 1.54) is 18.2 Å². The van der Waals surface area contributed by atoms with E-state index >= 15 is 0 Å². The second-order valence-corrected chi connectivity index (χ2v) is 11.4. The Morgan fingerprint density at radius 3 is 2.41 bits per heavy atom. The summed E-state index contributed by atoms with van der Waals surface area (Å²) in [7, 11) is -5.55. The summed E-state index contributed by atoms with van der Waals surface area (Å²) < 4.78 is 53.5. The van der Waals surface area contributed by atoms with Gasteiger partial charge in [0.25, 0.3) is 0 Å². The van der Waals surface area contributed by atoms with Gasteiger partial charge in [0.2, 0.25) is 26.0 Å². The number of nitrogens with zero attached hydrogens (tertiary/aromatic N) is 3. The predicted molar refractivity (Wildman–Crippen MR) is 111 cm³/mol. The Kier molecular flexibility index (Phi) is 6.35. The molecule has 29 heavy (non-hydrogen) atoms. The van der Waals surface area contributed by atoms with Crippen molar-refractivity contribution in [1.82, 2.24) is 14.5 Å². The molecule has 2 fully saturated rings. The topological polar surface area (TPSA) is 107 Å². The molecule has 2 aliphatic rings. The van der Waals surface area contributed by atoms with Crippen LogP contribution in [0.1, 0.15) is 18.9 Å². The van der Waals surface area contributed by atoms with Crippen LogP contribution in [0.3, 0.4) is 0 Å². The quantitative estimate of drug-likeness (QED) is 0.657. The van der Waals surface area contributed by atoms with Gasteiger partial charge < -0.3 is 4.90 Å². The number of hydrogen-bond donors (Lipinski definition) is 1. The Labute approximate surface area is 172 Å². The number of piperazine rings is 1. The molecule has 2 aliphatic heterocycles. The van der Waals surface area contributed by atoms with Crippen LogP contribution in [0, 0.1) is 6.92 Å². The molecule has 1 amide bonds. The highest BCUT2D eigenvalue weighted by atomic mass is 32.2. The molecule has 0 spiro atoms. The monoisotopic (exact) mass is 444 g/mol. The molecule has 1 aromatic carbocycles. The van der Waals surface area contributed by atoms with Gasteiger partial charge in [-0.05, 0) is 38.6 Å². The number of rotatable bonds is 6. The molecule has 9 nitrogen and oxygen atoms in total. The van der Waals surface area contributed by atoms with Crippen LogP contribution in [0.25, 0.3) is 0 Å².